The van der Waals surface area contributed by atoms with E-state index in [9.17, 15) is 22.4 Å². The van der Waals surface area contributed by atoms with Gasteiger partial charge in [0.05, 0.1) is 4.90 Å². The van der Waals surface area contributed by atoms with E-state index in [2.05, 4.69) is 27.9 Å². The van der Waals surface area contributed by atoms with Gasteiger partial charge in [-0.1, -0.05) is 18.2 Å². The van der Waals surface area contributed by atoms with E-state index in [1.54, 1.807) is 20.8 Å². The van der Waals surface area contributed by atoms with Gasteiger partial charge in [-0.2, -0.15) is 0 Å². The molecule has 0 unspecified atom stereocenters. The van der Waals surface area contributed by atoms with E-state index in [0.717, 1.165) is 30.7 Å². The van der Waals surface area contributed by atoms with Crippen molar-refractivity contribution in [3.8, 4) is 0 Å². The Morgan fingerprint density at radius 3 is 2.44 bits per heavy atom. The van der Waals surface area contributed by atoms with Crippen LogP contribution < -0.4 is 5.32 Å². The number of halogens is 2. The summed E-state index contributed by atoms with van der Waals surface area (Å²) in [6.07, 6.45) is 0.568. The molecule has 2 aromatic carbocycles. The van der Waals surface area contributed by atoms with Crippen molar-refractivity contribution in [2.24, 2.45) is 0 Å². The molecule has 1 N–H and O–H groups in total. The number of ether oxygens (including phenoxy) is 1. The maximum atomic E-state index is 13.6. The van der Waals surface area contributed by atoms with Gasteiger partial charge in [0.25, 0.3) is 10.0 Å². The highest BCUT2D eigenvalue weighted by molar-refractivity contribution is 14.1. The minimum Gasteiger partial charge on any atom is -0.458 e. The molecule has 2 amide bonds. The van der Waals surface area contributed by atoms with Gasteiger partial charge in [-0.3, -0.25) is 0 Å². The van der Waals surface area contributed by atoms with Crippen LogP contribution >= 0.6 is 22.6 Å². The maximum absolute atomic E-state index is 13.6. The SMILES string of the molecule is CC(C)(C)OC(=O)[C@H](Cc1ccc(I)cc1)NC(=O)N1CCCN1S(=O)(=O)c1cccc(F)c1. The Hall–Kier alpha value is -2.25. The molecular formula is C23H27FIN3O5S. The Morgan fingerprint density at radius 2 is 1.82 bits per heavy atom. The molecule has 0 spiro atoms. The Labute approximate surface area is 212 Å². The zero-order valence-corrected chi connectivity index (χ0v) is 22.1. The first-order valence-electron chi connectivity index (χ1n) is 10.7. The van der Waals surface area contributed by atoms with Gasteiger partial charge in [0.1, 0.15) is 17.5 Å². The molecule has 8 nitrogen and oxygen atoms in total. The number of amides is 2. The van der Waals surface area contributed by atoms with Crippen molar-refractivity contribution in [3.05, 3.63) is 63.5 Å². The van der Waals surface area contributed by atoms with E-state index in [1.165, 1.54) is 12.1 Å². The van der Waals surface area contributed by atoms with Crippen LogP contribution in [-0.4, -0.2) is 54.6 Å². The second-order valence-corrected chi connectivity index (χ2v) is 11.9. The monoisotopic (exact) mass is 603 g/mol. The van der Waals surface area contributed by atoms with Crippen LogP contribution in [0.3, 0.4) is 0 Å². The highest BCUT2D eigenvalue weighted by Crippen LogP contribution is 2.23. The molecule has 184 valence electrons. The Balaban J connectivity index is 1.82. The molecule has 0 radical (unpaired) electrons. The van der Waals surface area contributed by atoms with Crippen molar-refractivity contribution in [1.82, 2.24) is 14.7 Å². The molecule has 1 aliphatic rings. The van der Waals surface area contributed by atoms with Crippen molar-refractivity contribution >= 4 is 44.6 Å². The number of nitrogens with one attached hydrogen (secondary N) is 1. The van der Waals surface area contributed by atoms with E-state index < -0.39 is 39.5 Å². The van der Waals surface area contributed by atoms with Crippen molar-refractivity contribution < 1.29 is 27.1 Å². The van der Waals surface area contributed by atoms with E-state index in [4.69, 9.17) is 4.74 Å². The average Bonchev–Trinajstić information content (AvgIpc) is 3.24. The second-order valence-electron chi connectivity index (χ2n) is 8.85. The molecule has 1 atom stereocenters. The smallest absolute Gasteiger partial charge is 0.333 e. The van der Waals surface area contributed by atoms with Gasteiger partial charge < -0.3 is 10.1 Å². The number of carbonyl (C=O) groups excluding carboxylic acids is 2. The first kappa shape index (κ1) is 26.4. The van der Waals surface area contributed by atoms with Crippen LogP contribution in [0.1, 0.15) is 32.8 Å². The third-order valence-electron chi connectivity index (χ3n) is 4.94. The lowest BCUT2D eigenvalue weighted by Gasteiger charge is -2.30. The van der Waals surface area contributed by atoms with E-state index in [-0.39, 0.29) is 24.4 Å². The molecule has 2 aromatic rings. The normalized spacial score (nSPS) is 15.7. The standard InChI is InChI=1S/C23H27FIN3O5S/c1-23(2,3)33-21(29)20(14-16-8-10-18(25)11-9-16)26-22(30)27-12-5-13-28(27)34(31,32)19-7-4-6-17(24)15-19/h4,6-11,15,20H,5,12-14H2,1-3H3,(H,26,30)/t20-/m0/s1. The zero-order chi connectivity index (χ0) is 25.1. The fourth-order valence-electron chi connectivity index (χ4n) is 3.44. The number of hydrazine groups is 1. The maximum Gasteiger partial charge on any atom is 0.333 e. The van der Waals surface area contributed by atoms with Gasteiger partial charge in [-0.25, -0.2) is 27.4 Å². The number of sulfonamides is 1. The molecule has 1 heterocycles. The quantitative estimate of drug-likeness (QED) is 0.402. The average molecular weight is 603 g/mol. The minimum absolute atomic E-state index is 0.0560. The number of rotatable bonds is 6. The van der Waals surface area contributed by atoms with Crippen LogP contribution in [0.2, 0.25) is 0 Å². The third-order valence-corrected chi connectivity index (χ3v) is 7.44. The topological polar surface area (TPSA) is 96.0 Å². The second kappa shape index (κ2) is 10.6. The summed E-state index contributed by atoms with van der Waals surface area (Å²) in [5, 5.41) is 3.67. The zero-order valence-electron chi connectivity index (χ0n) is 19.1. The summed E-state index contributed by atoms with van der Waals surface area (Å²) < 4.78 is 47.2. The highest BCUT2D eigenvalue weighted by atomic mass is 127. The van der Waals surface area contributed by atoms with Gasteiger partial charge in [-0.15, -0.1) is 4.41 Å². The minimum atomic E-state index is -4.16. The predicted molar refractivity (Wildman–Crippen MR) is 133 cm³/mol. The molecular weight excluding hydrogens is 576 g/mol. The van der Waals surface area contributed by atoms with Gasteiger partial charge >= 0.3 is 12.0 Å². The summed E-state index contributed by atoms with van der Waals surface area (Å²) in [5.74, 6) is -1.32. The molecule has 0 bridgehead atoms. The lowest BCUT2D eigenvalue weighted by molar-refractivity contribution is -0.157. The van der Waals surface area contributed by atoms with Crippen molar-refractivity contribution in [3.63, 3.8) is 0 Å². The van der Waals surface area contributed by atoms with Gasteiger partial charge in [0.2, 0.25) is 0 Å². The van der Waals surface area contributed by atoms with Crippen LogP contribution in [0.4, 0.5) is 9.18 Å². The van der Waals surface area contributed by atoms with E-state index >= 15 is 0 Å². The summed E-state index contributed by atoms with van der Waals surface area (Å²) >= 11 is 2.17. The fourth-order valence-corrected chi connectivity index (χ4v) is 5.34. The molecule has 0 saturated carbocycles. The number of carbonyl (C=O) groups is 2. The number of hydrogen-bond acceptors (Lipinski definition) is 5. The van der Waals surface area contributed by atoms with Crippen LogP contribution in [0.15, 0.2) is 53.4 Å². The van der Waals surface area contributed by atoms with Crippen molar-refractivity contribution in [2.75, 3.05) is 13.1 Å². The van der Waals surface area contributed by atoms with Crippen LogP contribution in [-0.2, 0) is 26.0 Å². The van der Waals surface area contributed by atoms with Crippen molar-refractivity contribution in [2.45, 2.75) is 50.2 Å². The Bertz CT molecular complexity index is 1150. The number of nitrogens with zero attached hydrogens (tertiary/aromatic N) is 2. The summed E-state index contributed by atoms with van der Waals surface area (Å²) in [6.45, 7) is 5.36. The van der Waals surface area contributed by atoms with Gasteiger partial charge in [0, 0.05) is 23.1 Å². The summed E-state index contributed by atoms with van der Waals surface area (Å²) in [4.78, 5) is 25.8. The number of urea groups is 1. The van der Waals surface area contributed by atoms with E-state index in [0.29, 0.717) is 6.42 Å². The molecule has 1 aliphatic heterocycles. The van der Waals surface area contributed by atoms with Crippen LogP contribution in [0.5, 0.6) is 0 Å². The summed E-state index contributed by atoms with van der Waals surface area (Å²) in [6, 6.07) is 10.3. The summed E-state index contributed by atoms with van der Waals surface area (Å²) in [5.41, 5.74) is 0.0363. The first-order chi connectivity index (χ1) is 15.9. The van der Waals surface area contributed by atoms with Gasteiger partial charge in [-0.05, 0) is 85.7 Å². The summed E-state index contributed by atoms with van der Waals surface area (Å²) in [7, 11) is -4.16. The van der Waals surface area contributed by atoms with Gasteiger partial charge in [0.15, 0.2) is 0 Å². The Morgan fingerprint density at radius 1 is 1.15 bits per heavy atom. The third kappa shape index (κ3) is 6.66. The van der Waals surface area contributed by atoms with Crippen molar-refractivity contribution in [1.29, 1.82) is 0 Å². The number of esters is 1. The molecule has 3 rings (SSSR count). The highest BCUT2D eigenvalue weighted by Gasteiger charge is 2.38. The fraction of sp³-hybridized carbons (Fsp3) is 0.391. The largest absolute Gasteiger partial charge is 0.458 e. The molecule has 1 fully saturated rings. The van der Waals surface area contributed by atoms with E-state index in [1.807, 2.05) is 24.3 Å². The number of benzene rings is 2. The molecule has 11 heteroatoms. The van der Waals surface area contributed by atoms with Crippen LogP contribution in [0.25, 0.3) is 0 Å². The number of hydrogen-bond donors (Lipinski definition) is 1. The lowest BCUT2D eigenvalue weighted by Crippen LogP contribution is -2.54. The molecule has 0 aliphatic carbocycles. The predicted octanol–water partition coefficient (Wildman–Crippen LogP) is 3.70. The molecule has 34 heavy (non-hydrogen) atoms. The Kier molecular flexibility index (Phi) is 8.19. The van der Waals surface area contributed by atoms with Crippen LogP contribution in [0, 0.1) is 9.39 Å². The molecule has 0 aromatic heterocycles. The molecule has 1 saturated heterocycles. The first-order valence-corrected chi connectivity index (χ1v) is 13.2. The lowest BCUT2D eigenvalue weighted by atomic mass is 10.1.